The average Bonchev–Trinajstić information content (AvgIpc) is 2.31. The van der Waals surface area contributed by atoms with Crippen molar-refractivity contribution in [1.29, 1.82) is 0 Å². The molecule has 3 nitrogen and oxygen atoms in total. The Hall–Kier alpha value is 0.0969. The van der Waals surface area contributed by atoms with Crippen molar-refractivity contribution in [3.05, 3.63) is 0 Å². The Balaban J connectivity index is 2.67. The molecule has 0 bridgehead atoms. The first-order chi connectivity index (χ1) is 7.18. The van der Waals surface area contributed by atoms with Crippen molar-refractivity contribution >= 4 is 8.56 Å². The number of hydrogen-bond donors (Lipinski definition) is 1. The van der Waals surface area contributed by atoms with Crippen LogP contribution in [0.4, 0.5) is 0 Å². The fourth-order valence-corrected chi connectivity index (χ4v) is 5.16. The van der Waals surface area contributed by atoms with Crippen LogP contribution >= 0.6 is 0 Å². The smallest absolute Gasteiger partial charge is 0.339 e. The fraction of sp³-hybridized carbons (Fsp3) is 1.00. The van der Waals surface area contributed by atoms with Crippen LogP contribution in [0, 0.1) is 0 Å². The standard InChI is InChI=1S/C11H25NO2Si/c1-5-11(15(4,13-2)14-3)10-8-6-7-9-12-10/h10-12H,5-9H2,1-4H3. The summed E-state index contributed by atoms with van der Waals surface area (Å²) < 4.78 is 11.3. The third-order valence-corrected chi connectivity index (χ3v) is 7.54. The van der Waals surface area contributed by atoms with Crippen molar-refractivity contribution in [3.8, 4) is 0 Å². The Morgan fingerprint density at radius 3 is 2.40 bits per heavy atom. The lowest BCUT2D eigenvalue weighted by molar-refractivity contribution is 0.216. The minimum Gasteiger partial charge on any atom is -0.398 e. The molecule has 1 saturated heterocycles. The van der Waals surface area contributed by atoms with E-state index in [0.29, 0.717) is 11.6 Å². The molecule has 0 saturated carbocycles. The van der Waals surface area contributed by atoms with Crippen molar-refractivity contribution in [2.45, 2.75) is 50.7 Å². The predicted molar refractivity (Wildman–Crippen MR) is 65.3 cm³/mol. The van der Waals surface area contributed by atoms with E-state index in [2.05, 4.69) is 18.8 Å². The maximum absolute atomic E-state index is 5.67. The summed E-state index contributed by atoms with van der Waals surface area (Å²) in [6.45, 7) is 5.57. The lowest BCUT2D eigenvalue weighted by Gasteiger charge is -2.39. The van der Waals surface area contributed by atoms with Crippen LogP contribution in [-0.4, -0.2) is 35.4 Å². The quantitative estimate of drug-likeness (QED) is 0.736. The molecular formula is C11H25NO2Si. The van der Waals surface area contributed by atoms with Gasteiger partial charge in [0.25, 0.3) is 0 Å². The Bertz CT molecular complexity index is 179. The number of piperidine rings is 1. The summed E-state index contributed by atoms with van der Waals surface area (Å²) in [5, 5.41) is 3.62. The number of hydrogen-bond acceptors (Lipinski definition) is 3. The second-order valence-electron chi connectivity index (χ2n) is 4.50. The van der Waals surface area contributed by atoms with Gasteiger partial charge in [0.1, 0.15) is 0 Å². The first-order valence-corrected chi connectivity index (χ1v) is 8.41. The van der Waals surface area contributed by atoms with E-state index in [0.717, 1.165) is 13.0 Å². The molecule has 0 radical (unpaired) electrons. The van der Waals surface area contributed by atoms with E-state index in [1.54, 1.807) is 14.2 Å². The highest BCUT2D eigenvalue weighted by molar-refractivity contribution is 6.67. The molecule has 0 aromatic carbocycles. The predicted octanol–water partition coefficient (Wildman–Crippen LogP) is 2.27. The molecule has 2 unspecified atom stereocenters. The van der Waals surface area contributed by atoms with E-state index in [1.807, 2.05) is 0 Å². The zero-order chi connectivity index (χ0) is 11.3. The minimum atomic E-state index is -1.98. The van der Waals surface area contributed by atoms with Gasteiger partial charge in [-0.2, -0.15) is 0 Å². The maximum Gasteiger partial charge on any atom is 0.339 e. The van der Waals surface area contributed by atoms with Crippen LogP contribution in [-0.2, 0) is 8.85 Å². The van der Waals surface area contributed by atoms with E-state index in [4.69, 9.17) is 8.85 Å². The topological polar surface area (TPSA) is 30.5 Å². The van der Waals surface area contributed by atoms with Gasteiger partial charge in [-0.15, -0.1) is 0 Å². The molecule has 15 heavy (non-hydrogen) atoms. The summed E-state index contributed by atoms with van der Waals surface area (Å²) in [5.74, 6) is 0. The van der Waals surface area contributed by atoms with Crippen LogP contribution in [0.3, 0.4) is 0 Å². The van der Waals surface area contributed by atoms with Crippen LogP contribution in [0.5, 0.6) is 0 Å². The lowest BCUT2D eigenvalue weighted by atomic mass is 10.0. The summed E-state index contributed by atoms with van der Waals surface area (Å²) >= 11 is 0. The molecular weight excluding hydrogens is 206 g/mol. The third kappa shape index (κ3) is 3.03. The molecule has 2 atom stereocenters. The number of nitrogens with one attached hydrogen (secondary N) is 1. The molecule has 1 aliphatic heterocycles. The minimum absolute atomic E-state index is 0.563. The number of rotatable bonds is 5. The van der Waals surface area contributed by atoms with Gasteiger partial charge in [0, 0.05) is 25.8 Å². The molecule has 0 aromatic rings. The van der Waals surface area contributed by atoms with Gasteiger partial charge >= 0.3 is 8.56 Å². The molecule has 0 amide bonds. The second kappa shape index (κ2) is 5.99. The zero-order valence-electron chi connectivity index (χ0n) is 10.5. The van der Waals surface area contributed by atoms with Crippen LogP contribution in [0.25, 0.3) is 0 Å². The molecule has 1 N–H and O–H groups in total. The zero-order valence-corrected chi connectivity index (χ0v) is 11.5. The molecule has 1 fully saturated rings. The Morgan fingerprint density at radius 1 is 1.33 bits per heavy atom. The summed E-state index contributed by atoms with van der Waals surface area (Å²) in [6, 6.07) is 0.598. The summed E-state index contributed by atoms with van der Waals surface area (Å²) in [7, 11) is 1.61. The van der Waals surface area contributed by atoms with E-state index in [-0.39, 0.29) is 0 Å². The first kappa shape index (κ1) is 13.2. The SMILES string of the molecule is CCC(C1CCCCN1)[Si](C)(OC)OC. The van der Waals surface area contributed by atoms with Gasteiger partial charge < -0.3 is 14.2 Å². The molecule has 1 heterocycles. The van der Waals surface area contributed by atoms with Gasteiger partial charge in [-0.3, -0.25) is 0 Å². The van der Waals surface area contributed by atoms with Crippen LogP contribution in [0.15, 0.2) is 0 Å². The van der Waals surface area contributed by atoms with E-state index >= 15 is 0 Å². The highest BCUT2D eigenvalue weighted by Crippen LogP contribution is 2.33. The van der Waals surface area contributed by atoms with Gasteiger partial charge in [-0.1, -0.05) is 13.3 Å². The Morgan fingerprint density at radius 2 is 2.00 bits per heavy atom. The monoisotopic (exact) mass is 231 g/mol. The molecule has 0 aliphatic carbocycles. The van der Waals surface area contributed by atoms with Gasteiger partial charge in [0.2, 0.25) is 0 Å². The fourth-order valence-electron chi connectivity index (χ4n) is 2.63. The lowest BCUT2D eigenvalue weighted by Crippen LogP contribution is -2.51. The highest BCUT2D eigenvalue weighted by atomic mass is 28.4. The van der Waals surface area contributed by atoms with Crippen LogP contribution in [0.2, 0.25) is 12.1 Å². The van der Waals surface area contributed by atoms with Crippen molar-refractivity contribution in [1.82, 2.24) is 5.32 Å². The summed E-state index contributed by atoms with van der Waals surface area (Å²) in [5.41, 5.74) is 0.563. The molecule has 4 heteroatoms. The normalized spacial score (nSPS) is 25.2. The second-order valence-corrected chi connectivity index (χ2v) is 8.09. The molecule has 1 rings (SSSR count). The van der Waals surface area contributed by atoms with Gasteiger partial charge in [-0.25, -0.2) is 0 Å². The van der Waals surface area contributed by atoms with Gasteiger partial charge in [-0.05, 0) is 32.4 Å². The summed E-state index contributed by atoms with van der Waals surface area (Å²) in [4.78, 5) is 0. The highest BCUT2D eigenvalue weighted by Gasteiger charge is 2.43. The van der Waals surface area contributed by atoms with Gasteiger partial charge in [0.05, 0.1) is 0 Å². The molecule has 1 aliphatic rings. The summed E-state index contributed by atoms with van der Waals surface area (Å²) in [6.07, 6.45) is 5.06. The largest absolute Gasteiger partial charge is 0.398 e. The molecule has 0 aromatic heterocycles. The Kier molecular flexibility index (Phi) is 5.25. The van der Waals surface area contributed by atoms with Crippen molar-refractivity contribution in [2.24, 2.45) is 0 Å². The molecule has 0 spiro atoms. The van der Waals surface area contributed by atoms with Crippen LogP contribution in [0.1, 0.15) is 32.6 Å². The van der Waals surface area contributed by atoms with E-state index < -0.39 is 8.56 Å². The maximum atomic E-state index is 5.67. The van der Waals surface area contributed by atoms with Crippen molar-refractivity contribution < 1.29 is 8.85 Å². The molecule has 90 valence electrons. The van der Waals surface area contributed by atoms with Crippen molar-refractivity contribution in [2.75, 3.05) is 20.8 Å². The Labute approximate surface area is 94.8 Å². The first-order valence-electron chi connectivity index (χ1n) is 6.01. The van der Waals surface area contributed by atoms with Gasteiger partial charge in [0.15, 0.2) is 0 Å². The van der Waals surface area contributed by atoms with Crippen molar-refractivity contribution in [3.63, 3.8) is 0 Å². The van der Waals surface area contributed by atoms with E-state index in [9.17, 15) is 0 Å². The average molecular weight is 231 g/mol. The van der Waals surface area contributed by atoms with E-state index in [1.165, 1.54) is 19.3 Å². The third-order valence-electron chi connectivity index (χ3n) is 3.76. The van der Waals surface area contributed by atoms with Crippen LogP contribution < -0.4 is 5.32 Å².